The maximum Gasteiger partial charge on any atom is 0.333 e. The van der Waals surface area contributed by atoms with Gasteiger partial charge < -0.3 is 37.4 Å². The maximum atomic E-state index is 11.3. The molecule has 40 heavy (non-hydrogen) atoms. The van der Waals surface area contributed by atoms with Gasteiger partial charge in [-0.2, -0.15) is 0 Å². The quantitative estimate of drug-likeness (QED) is 0.0689. The summed E-state index contributed by atoms with van der Waals surface area (Å²) in [5.41, 5.74) is 0.312. The van der Waals surface area contributed by atoms with Gasteiger partial charge in [-0.15, -0.1) is 0 Å². The van der Waals surface area contributed by atoms with Gasteiger partial charge in [-0.3, -0.25) is 0 Å². The van der Waals surface area contributed by atoms with E-state index >= 15 is 0 Å². The second-order valence-electron chi connectivity index (χ2n) is 11.4. The standard InChI is InChI=1S/C17H38O6Si3.C10H16O4/c1-15(2)17(19)21-14-16(18)13-20-11-10-12-26(9,22-24(3,4)5)23-25(6,7)8;1-3-5-10(12)14-8-9(11)7-13-6-4-2/h16,18H,1,10-14H2,2-9H3;3-6,9,11H,7-8H2,1-2H3. The highest BCUT2D eigenvalue weighted by Gasteiger charge is 2.39. The van der Waals surface area contributed by atoms with Crippen LogP contribution in [0, 0.1) is 0 Å². The van der Waals surface area contributed by atoms with E-state index in [9.17, 15) is 19.8 Å². The second kappa shape index (κ2) is 21.2. The molecule has 0 rings (SSSR count). The van der Waals surface area contributed by atoms with Gasteiger partial charge in [-0.1, -0.05) is 18.7 Å². The summed E-state index contributed by atoms with van der Waals surface area (Å²) in [6.45, 7) is 24.5. The van der Waals surface area contributed by atoms with Gasteiger partial charge in [-0.05, 0) is 79.1 Å². The van der Waals surface area contributed by atoms with E-state index in [1.165, 1.54) is 12.3 Å². The van der Waals surface area contributed by atoms with Crippen molar-refractivity contribution in [1.29, 1.82) is 0 Å². The van der Waals surface area contributed by atoms with Gasteiger partial charge in [0.1, 0.15) is 32.0 Å². The zero-order valence-corrected chi connectivity index (χ0v) is 29.3. The molecule has 0 aromatic heterocycles. The Morgan fingerprint density at radius 2 is 1.35 bits per heavy atom. The molecule has 2 atom stereocenters. The summed E-state index contributed by atoms with van der Waals surface area (Å²) in [5.74, 6) is -0.963. The van der Waals surface area contributed by atoms with E-state index < -0.39 is 49.3 Å². The normalized spacial score (nSPS) is 13.9. The minimum atomic E-state index is -2.24. The topological polar surface area (TPSA) is 130 Å². The Bertz CT molecular complexity index is 772. The van der Waals surface area contributed by atoms with Crippen molar-refractivity contribution >= 4 is 37.1 Å². The lowest BCUT2D eigenvalue weighted by Crippen LogP contribution is -2.52. The van der Waals surface area contributed by atoms with Gasteiger partial charge in [0, 0.05) is 18.3 Å². The lowest BCUT2D eigenvalue weighted by atomic mass is 10.3. The van der Waals surface area contributed by atoms with Gasteiger partial charge in [0.2, 0.25) is 0 Å². The summed E-state index contributed by atoms with van der Waals surface area (Å²) in [7, 11) is -5.61. The molecule has 2 N–H and O–H groups in total. The number of carbonyl (C=O) groups is 2. The number of ether oxygens (including phenoxy) is 4. The minimum absolute atomic E-state index is 0.0548. The fraction of sp³-hybridized carbons (Fsp3) is 0.704. The SMILES string of the molecule is C=C(C)C(=O)OCC(O)COCCC[Si](C)(O[Si](C)(C)C)O[Si](C)(C)C.CC=COCC(O)COC(=O)C=CC. The second-order valence-corrected chi connectivity index (χ2v) is 24.2. The molecule has 0 heterocycles. The molecular weight excluding hydrogens is 569 g/mol. The van der Waals surface area contributed by atoms with Crippen molar-refractivity contribution < 1.29 is 47.0 Å². The van der Waals surface area contributed by atoms with Crippen LogP contribution in [-0.2, 0) is 36.8 Å². The molecule has 13 heteroatoms. The van der Waals surface area contributed by atoms with Crippen LogP contribution in [0.4, 0.5) is 0 Å². The average Bonchev–Trinajstić information content (AvgIpc) is 2.79. The molecule has 0 saturated carbocycles. The lowest BCUT2D eigenvalue weighted by Gasteiger charge is -2.38. The summed E-state index contributed by atoms with van der Waals surface area (Å²) in [6.07, 6.45) is 5.23. The van der Waals surface area contributed by atoms with Gasteiger partial charge in [0.25, 0.3) is 0 Å². The zero-order chi connectivity index (χ0) is 31.4. The Hall–Kier alpha value is -1.59. The number of carbonyl (C=O) groups excluding carboxylic acids is 2. The predicted molar refractivity (Wildman–Crippen MR) is 165 cm³/mol. The molecule has 0 saturated heterocycles. The highest BCUT2D eigenvalue weighted by molar-refractivity contribution is 6.87. The smallest absolute Gasteiger partial charge is 0.333 e. The van der Waals surface area contributed by atoms with Crippen LogP contribution in [-0.4, -0.2) is 92.6 Å². The third kappa shape index (κ3) is 26.6. The molecule has 0 radical (unpaired) electrons. The van der Waals surface area contributed by atoms with Crippen LogP contribution in [0.3, 0.4) is 0 Å². The molecule has 0 aromatic rings. The number of allylic oxidation sites excluding steroid dienone is 2. The molecule has 0 bridgehead atoms. The Balaban J connectivity index is 0. The largest absolute Gasteiger partial charge is 0.499 e. The fourth-order valence-electron chi connectivity index (χ4n) is 3.15. The van der Waals surface area contributed by atoms with E-state index in [-0.39, 0.29) is 26.4 Å². The maximum absolute atomic E-state index is 11.3. The van der Waals surface area contributed by atoms with Crippen LogP contribution in [0.1, 0.15) is 27.2 Å². The molecular formula is C27H54O10Si3. The average molecular weight is 623 g/mol. The lowest BCUT2D eigenvalue weighted by molar-refractivity contribution is -0.143. The van der Waals surface area contributed by atoms with Crippen LogP contribution in [0.25, 0.3) is 0 Å². The number of esters is 2. The van der Waals surface area contributed by atoms with Crippen LogP contribution in [0.15, 0.2) is 36.6 Å². The van der Waals surface area contributed by atoms with Crippen molar-refractivity contribution in [2.45, 2.75) is 91.3 Å². The van der Waals surface area contributed by atoms with E-state index in [4.69, 9.17) is 27.2 Å². The minimum Gasteiger partial charge on any atom is -0.499 e. The monoisotopic (exact) mass is 622 g/mol. The van der Waals surface area contributed by atoms with Gasteiger partial charge in [0.15, 0.2) is 16.6 Å². The first-order valence-electron chi connectivity index (χ1n) is 13.5. The van der Waals surface area contributed by atoms with Gasteiger partial charge in [0.05, 0.1) is 12.9 Å². The molecule has 0 fully saturated rings. The molecule has 2 unspecified atom stereocenters. The van der Waals surface area contributed by atoms with Crippen molar-refractivity contribution in [3.8, 4) is 0 Å². The van der Waals surface area contributed by atoms with E-state index in [0.29, 0.717) is 12.2 Å². The molecule has 0 aliphatic heterocycles. The highest BCUT2D eigenvalue weighted by atomic mass is 28.5. The Morgan fingerprint density at radius 3 is 1.82 bits per heavy atom. The molecule has 0 spiro atoms. The Labute approximate surface area is 244 Å². The number of rotatable bonds is 19. The molecule has 0 aliphatic rings. The summed E-state index contributed by atoms with van der Waals surface area (Å²) >= 11 is 0. The molecule has 0 aliphatic carbocycles. The Morgan fingerprint density at radius 1 is 0.825 bits per heavy atom. The van der Waals surface area contributed by atoms with E-state index in [0.717, 1.165) is 12.5 Å². The first kappa shape index (κ1) is 40.5. The third-order valence-electron chi connectivity index (χ3n) is 4.27. The van der Waals surface area contributed by atoms with Crippen LogP contribution >= 0.6 is 0 Å². The number of aliphatic hydroxyl groups excluding tert-OH is 2. The molecule has 0 aromatic carbocycles. The molecule has 10 nitrogen and oxygen atoms in total. The van der Waals surface area contributed by atoms with Crippen molar-refractivity contribution in [1.82, 2.24) is 0 Å². The van der Waals surface area contributed by atoms with E-state index in [1.807, 2.05) is 0 Å². The molecule has 234 valence electrons. The number of hydrogen-bond donors (Lipinski definition) is 2. The number of aliphatic hydroxyl groups is 2. The van der Waals surface area contributed by atoms with Gasteiger partial charge in [-0.25, -0.2) is 9.59 Å². The predicted octanol–water partition coefficient (Wildman–Crippen LogP) is 4.67. The van der Waals surface area contributed by atoms with Crippen molar-refractivity contribution in [2.24, 2.45) is 0 Å². The summed E-state index contributed by atoms with van der Waals surface area (Å²) in [4.78, 5) is 22.1. The first-order valence-corrected chi connectivity index (χ1v) is 22.9. The van der Waals surface area contributed by atoms with Crippen LogP contribution < -0.4 is 0 Å². The van der Waals surface area contributed by atoms with E-state index in [1.54, 1.807) is 32.9 Å². The number of hydrogen-bond acceptors (Lipinski definition) is 10. The van der Waals surface area contributed by atoms with Crippen LogP contribution in [0.5, 0.6) is 0 Å². The molecule has 0 amide bonds. The van der Waals surface area contributed by atoms with Crippen LogP contribution in [0.2, 0.25) is 51.9 Å². The Kier molecular flexibility index (Phi) is 21.5. The summed E-state index contributed by atoms with van der Waals surface area (Å²) in [6, 6.07) is 0.863. The zero-order valence-electron chi connectivity index (χ0n) is 26.3. The van der Waals surface area contributed by atoms with Crippen molar-refractivity contribution in [3.05, 3.63) is 36.6 Å². The van der Waals surface area contributed by atoms with Crippen molar-refractivity contribution in [2.75, 3.05) is 33.0 Å². The summed E-state index contributed by atoms with van der Waals surface area (Å²) < 4.78 is 32.9. The van der Waals surface area contributed by atoms with Crippen molar-refractivity contribution in [3.63, 3.8) is 0 Å². The fourth-order valence-corrected chi connectivity index (χ4v) is 15.7. The van der Waals surface area contributed by atoms with Gasteiger partial charge >= 0.3 is 20.5 Å². The highest BCUT2D eigenvalue weighted by Crippen LogP contribution is 2.25. The summed E-state index contributed by atoms with van der Waals surface area (Å²) in [5, 5.41) is 19.0. The third-order valence-corrected chi connectivity index (χ3v) is 13.9. The van der Waals surface area contributed by atoms with E-state index in [2.05, 4.69) is 52.4 Å². The first-order chi connectivity index (χ1) is 18.3.